The van der Waals surface area contributed by atoms with E-state index in [1.165, 1.54) is 45.2 Å². The Kier molecular flexibility index (Phi) is 2.92. The van der Waals surface area contributed by atoms with Gasteiger partial charge in [0.2, 0.25) is 0 Å². The van der Waals surface area contributed by atoms with E-state index < -0.39 is 0 Å². The summed E-state index contributed by atoms with van der Waals surface area (Å²) in [4.78, 5) is 2.67. The fourth-order valence-electron chi connectivity index (χ4n) is 3.34. The Morgan fingerprint density at radius 1 is 1.15 bits per heavy atom. The third kappa shape index (κ3) is 1.90. The number of hydrogen-bond acceptors (Lipinski definition) is 1. The molecule has 1 saturated carbocycles. The maximum absolute atomic E-state index is 2.67. The maximum Gasteiger partial charge on any atom is 0.00696 e. The Bertz CT molecular complexity index is 167. The van der Waals surface area contributed by atoms with E-state index >= 15 is 0 Å². The lowest BCUT2D eigenvalue weighted by Crippen LogP contribution is -2.46. The predicted molar refractivity (Wildman–Crippen MR) is 56.8 cm³/mol. The van der Waals surface area contributed by atoms with E-state index in [-0.39, 0.29) is 0 Å². The summed E-state index contributed by atoms with van der Waals surface area (Å²) in [7, 11) is 0. The first-order chi connectivity index (χ1) is 6.31. The topological polar surface area (TPSA) is 3.24 Å². The summed E-state index contributed by atoms with van der Waals surface area (Å²) >= 11 is 0. The zero-order valence-electron chi connectivity index (χ0n) is 9.13. The molecule has 0 radical (unpaired) electrons. The number of rotatable bonds is 1. The van der Waals surface area contributed by atoms with E-state index in [1.54, 1.807) is 0 Å². The standard InChI is InChI=1S/C12H23N/c1-3-13-9-12-7-5-4-6-11(12)8-10(13)2/h10-12H,3-9H2,1-2H3. The van der Waals surface area contributed by atoms with Crippen LogP contribution in [0.5, 0.6) is 0 Å². The molecule has 1 heterocycles. The summed E-state index contributed by atoms with van der Waals surface area (Å²) in [5, 5.41) is 0. The quantitative estimate of drug-likeness (QED) is 0.601. The molecule has 0 aromatic rings. The van der Waals surface area contributed by atoms with Crippen LogP contribution in [0.25, 0.3) is 0 Å². The first-order valence-corrected chi connectivity index (χ1v) is 6.05. The molecule has 1 saturated heterocycles. The highest BCUT2D eigenvalue weighted by molar-refractivity contribution is 4.86. The van der Waals surface area contributed by atoms with Crippen LogP contribution in [0.3, 0.4) is 0 Å². The lowest BCUT2D eigenvalue weighted by atomic mass is 9.73. The van der Waals surface area contributed by atoms with Gasteiger partial charge < -0.3 is 4.90 Å². The summed E-state index contributed by atoms with van der Waals surface area (Å²) in [6.07, 6.45) is 7.49. The Hall–Kier alpha value is -0.0400. The zero-order chi connectivity index (χ0) is 9.26. The third-order valence-corrected chi connectivity index (χ3v) is 4.21. The van der Waals surface area contributed by atoms with E-state index in [0.29, 0.717) is 0 Å². The van der Waals surface area contributed by atoms with Crippen molar-refractivity contribution in [3.8, 4) is 0 Å². The molecule has 1 heteroatoms. The van der Waals surface area contributed by atoms with Crippen molar-refractivity contribution in [1.29, 1.82) is 0 Å². The van der Waals surface area contributed by atoms with Gasteiger partial charge >= 0.3 is 0 Å². The van der Waals surface area contributed by atoms with Gasteiger partial charge in [-0.2, -0.15) is 0 Å². The van der Waals surface area contributed by atoms with Crippen molar-refractivity contribution in [2.75, 3.05) is 13.1 Å². The van der Waals surface area contributed by atoms with Gasteiger partial charge in [-0.05, 0) is 38.1 Å². The van der Waals surface area contributed by atoms with Crippen LogP contribution in [0.15, 0.2) is 0 Å². The summed E-state index contributed by atoms with van der Waals surface area (Å²) < 4.78 is 0. The molecule has 0 amide bonds. The molecule has 2 fully saturated rings. The van der Waals surface area contributed by atoms with Gasteiger partial charge in [-0.3, -0.25) is 0 Å². The number of piperidine rings is 1. The van der Waals surface area contributed by atoms with E-state index in [4.69, 9.17) is 0 Å². The first kappa shape index (κ1) is 9.51. The van der Waals surface area contributed by atoms with E-state index in [9.17, 15) is 0 Å². The molecule has 2 rings (SSSR count). The Balaban J connectivity index is 1.97. The van der Waals surface area contributed by atoms with E-state index in [0.717, 1.165) is 17.9 Å². The third-order valence-electron chi connectivity index (χ3n) is 4.21. The monoisotopic (exact) mass is 181 g/mol. The number of fused-ring (bicyclic) bond motifs is 1. The fraction of sp³-hybridized carbons (Fsp3) is 1.00. The molecule has 1 nitrogen and oxygen atoms in total. The van der Waals surface area contributed by atoms with Crippen LogP contribution in [-0.4, -0.2) is 24.0 Å². The molecule has 0 N–H and O–H groups in total. The SMILES string of the molecule is CCN1CC2CCCCC2CC1C. The van der Waals surface area contributed by atoms with Gasteiger partial charge in [-0.25, -0.2) is 0 Å². The minimum Gasteiger partial charge on any atom is -0.301 e. The normalized spacial score (nSPS) is 41.5. The highest BCUT2D eigenvalue weighted by Gasteiger charge is 2.33. The fourth-order valence-corrected chi connectivity index (χ4v) is 3.34. The summed E-state index contributed by atoms with van der Waals surface area (Å²) in [5.41, 5.74) is 0. The van der Waals surface area contributed by atoms with Crippen LogP contribution in [0.4, 0.5) is 0 Å². The molecule has 76 valence electrons. The van der Waals surface area contributed by atoms with Crippen molar-refractivity contribution in [3.63, 3.8) is 0 Å². The predicted octanol–water partition coefficient (Wildman–Crippen LogP) is 2.91. The van der Waals surface area contributed by atoms with Crippen molar-refractivity contribution in [3.05, 3.63) is 0 Å². The molecule has 3 atom stereocenters. The van der Waals surface area contributed by atoms with Crippen LogP contribution in [0, 0.1) is 11.8 Å². The van der Waals surface area contributed by atoms with Gasteiger partial charge in [0.15, 0.2) is 0 Å². The average Bonchev–Trinajstić information content (AvgIpc) is 2.17. The number of hydrogen-bond donors (Lipinski definition) is 0. The molecule has 0 aromatic carbocycles. The van der Waals surface area contributed by atoms with Crippen LogP contribution in [-0.2, 0) is 0 Å². The van der Waals surface area contributed by atoms with Crippen LogP contribution in [0.2, 0.25) is 0 Å². The smallest absolute Gasteiger partial charge is 0.00696 e. The van der Waals surface area contributed by atoms with Crippen LogP contribution in [0.1, 0.15) is 46.0 Å². The lowest BCUT2D eigenvalue weighted by molar-refractivity contribution is 0.0501. The van der Waals surface area contributed by atoms with Crippen molar-refractivity contribution >= 4 is 0 Å². The van der Waals surface area contributed by atoms with Crippen molar-refractivity contribution in [2.45, 2.75) is 52.0 Å². The van der Waals surface area contributed by atoms with Crippen LogP contribution < -0.4 is 0 Å². The largest absolute Gasteiger partial charge is 0.301 e. The minimum atomic E-state index is 0.851. The molecule has 0 spiro atoms. The Morgan fingerprint density at radius 3 is 2.54 bits per heavy atom. The molecule has 1 aliphatic carbocycles. The molecule has 0 bridgehead atoms. The van der Waals surface area contributed by atoms with Gasteiger partial charge in [-0.15, -0.1) is 0 Å². The van der Waals surface area contributed by atoms with Gasteiger partial charge in [0, 0.05) is 12.6 Å². The van der Waals surface area contributed by atoms with Gasteiger partial charge in [0.25, 0.3) is 0 Å². The minimum absolute atomic E-state index is 0.851. The van der Waals surface area contributed by atoms with Gasteiger partial charge in [0.1, 0.15) is 0 Å². The Morgan fingerprint density at radius 2 is 1.85 bits per heavy atom. The lowest BCUT2D eigenvalue weighted by Gasteiger charge is -2.44. The van der Waals surface area contributed by atoms with Crippen molar-refractivity contribution in [2.24, 2.45) is 11.8 Å². The highest BCUT2D eigenvalue weighted by Crippen LogP contribution is 2.38. The summed E-state index contributed by atoms with van der Waals surface area (Å²) in [5.74, 6) is 2.12. The average molecular weight is 181 g/mol. The second-order valence-electron chi connectivity index (χ2n) is 4.98. The molecular weight excluding hydrogens is 158 g/mol. The summed E-state index contributed by atoms with van der Waals surface area (Å²) in [6.45, 7) is 7.36. The summed E-state index contributed by atoms with van der Waals surface area (Å²) in [6, 6.07) is 0.851. The van der Waals surface area contributed by atoms with Crippen molar-refractivity contribution < 1.29 is 0 Å². The Labute approximate surface area is 82.5 Å². The van der Waals surface area contributed by atoms with E-state index in [1.807, 2.05) is 0 Å². The second-order valence-corrected chi connectivity index (χ2v) is 4.98. The molecule has 3 unspecified atom stereocenters. The molecule has 2 aliphatic rings. The van der Waals surface area contributed by atoms with E-state index in [2.05, 4.69) is 18.7 Å². The first-order valence-electron chi connectivity index (χ1n) is 6.05. The van der Waals surface area contributed by atoms with Crippen LogP contribution >= 0.6 is 0 Å². The molecule has 0 aromatic heterocycles. The van der Waals surface area contributed by atoms with Crippen molar-refractivity contribution in [1.82, 2.24) is 4.90 Å². The number of likely N-dealkylation sites (tertiary alicyclic amines) is 1. The highest BCUT2D eigenvalue weighted by atomic mass is 15.2. The van der Waals surface area contributed by atoms with Gasteiger partial charge in [-0.1, -0.05) is 26.2 Å². The van der Waals surface area contributed by atoms with Gasteiger partial charge in [0.05, 0.1) is 0 Å². The molecule has 1 aliphatic heterocycles. The number of nitrogens with zero attached hydrogens (tertiary/aromatic N) is 1. The second kappa shape index (κ2) is 4.00. The molecule has 13 heavy (non-hydrogen) atoms. The zero-order valence-corrected chi connectivity index (χ0v) is 9.13. The maximum atomic E-state index is 2.67. The molecular formula is C12H23N.